The SMILES string of the molecule is CC(N)(Cc1ccncc1Cl)c1cccc(F)c1. The zero-order valence-electron chi connectivity index (χ0n) is 10.0. The molecule has 0 amide bonds. The van der Waals surface area contributed by atoms with Gasteiger partial charge in [0.1, 0.15) is 5.82 Å². The van der Waals surface area contributed by atoms with E-state index in [1.54, 1.807) is 18.5 Å². The first-order valence-corrected chi connectivity index (χ1v) is 6.00. The Balaban J connectivity index is 2.30. The molecule has 1 unspecified atom stereocenters. The molecule has 1 heterocycles. The number of rotatable bonds is 3. The predicted octanol–water partition coefficient (Wildman–Crippen LogP) is 3.29. The maximum Gasteiger partial charge on any atom is 0.123 e. The Morgan fingerprint density at radius 3 is 2.83 bits per heavy atom. The lowest BCUT2D eigenvalue weighted by atomic mass is 9.87. The summed E-state index contributed by atoms with van der Waals surface area (Å²) in [6.07, 6.45) is 3.78. The van der Waals surface area contributed by atoms with E-state index < -0.39 is 5.54 Å². The molecule has 94 valence electrons. The van der Waals surface area contributed by atoms with Crippen LogP contribution in [-0.2, 0) is 12.0 Å². The molecule has 0 aliphatic heterocycles. The predicted molar refractivity (Wildman–Crippen MR) is 70.9 cm³/mol. The van der Waals surface area contributed by atoms with Gasteiger partial charge in [-0.1, -0.05) is 23.7 Å². The molecule has 0 aliphatic carbocycles. The van der Waals surface area contributed by atoms with Crippen molar-refractivity contribution in [1.82, 2.24) is 4.98 Å². The fraction of sp³-hybridized carbons (Fsp3) is 0.214. The molecule has 18 heavy (non-hydrogen) atoms. The van der Waals surface area contributed by atoms with Crippen LogP contribution in [0.2, 0.25) is 5.02 Å². The van der Waals surface area contributed by atoms with Gasteiger partial charge in [-0.05, 0) is 42.7 Å². The Morgan fingerprint density at radius 2 is 2.17 bits per heavy atom. The van der Waals surface area contributed by atoms with Crippen molar-refractivity contribution in [2.45, 2.75) is 18.9 Å². The lowest BCUT2D eigenvalue weighted by Crippen LogP contribution is -2.35. The van der Waals surface area contributed by atoms with Crippen LogP contribution in [0, 0.1) is 5.82 Å². The molecule has 0 aliphatic rings. The smallest absolute Gasteiger partial charge is 0.123 e. The van der Waals surface area contributed by atoms with E-state index >= 15 is 0 Å². The van der Waals surface area contributed by atoms with Crippen molar-refractivity contribution in [2.75, 3.05) is 0 Å². The number of nitrogens with zero attached hydrogens (tertiary/aromatic N) is 1. The Kier molecular flexibility index (Phi) is 3.64. The minimum absolute atomic E-state index is 0.287. The van der Waals surface area contributed by atoms with Crippen LogP contribution in [0.25, 0.3) is 0 Å². The number of hydrogen-bond donors (Lipinski definition) is 1. The first kappa shape index (κ1) is 13.0. The third-order valence-corrected chi connectivity index (χ3v) is 3.24. The van der Waals surface area contributed by atoms with E-state index in [9.17, 15) is 4.39 Å². The van der Waals surface area contributed by atoms with Gasteiger partial charge in [-0.25, -0.2) is 4.39 Å². The summed E-state index contributed by atoms with van der Waals surface area (Å²) in [5, 5.41) is 0.575. The fourth-order valence-corrected chi connectivity index (χ4v) is 2.07. The molecular formula is C14H14ClFN2. The van der Waals surface area contributed by atoms with Crippen LogP contribution in [0.3, 0.4) is 0 Å². The highest BCUT2D eigenvalue weighted by Crippen LogP contribution is 2.26. The van der Waals surface area contributed by atoms with E-state index in [-0.39, 0.29) is 5.82 Å². The van der Waals surface area contributed by atoms with Gasteiger partial charge < -0.3 is 5.73 Å². The Morgan fingerprint density at radius 1 is 1.39 bits per heavy atom. The standard InChI is InChI=1S/C14H14ClFN2/c1-14(17,11-3-2-4-12(16)7-11)8-10-5-6-18-9-13(10)15/h2-7,9H,8,17H2,1H3. The van der Waals surface area contributed by atoms with Gasteiger partial charge in [0, 0.05) is 17.9 Å². The van der Waals surface area contributed by atoms with E-state index in [0.29, 0.717) is 11.4 Å². The molecule has 4 heteroatoms. The molecule has 2 N–H and O–H groups in total. The third-order valence-electron chi connectivity index (χ3n) is 2.90. The van der Waals surface area contributed by atoms with Gasteiger partial charge in [0.25, 0.3) is 0 Å². The highest BCUT2D eigenvalue weighted by atomic mass is 35.5. The highest BCUT2D eigenvalue weighted by molar-refractivity contribution is 6.31. The van der Waals surface area contributed by atoms with Crippen molar-refractivity contribution in [3.05, 3.63) is 64.7 Å². The lowest BCUT2D eigenvalue weighted by molar-refractivity contribution is 0.486. The summed E-state index contributed by atoms with van der Waals surface area (Å²) >= 11 is 6.06. The number of aromatic nitrogens is 1. The molecule has 0 bridgehead atoms. The Labute approximate surface area is 111 Å². The van der Waals surface area contributed by atoms with Crippen LogP contribution < -0.4 is 5.73 Å². The average molecular weight is 265 g/mol. The van der Waals surface area contributed by atoms with Gasteiger partial charge in [-0.15, -0.1) is 0 Å². The van der Waals surface area contributed by atoms with E-state index in [2.05, 4.69) is 4.98 Å². The molecule has 0 spiro atoms. The topological polar surface area (TPSA) is 38.9 Å². The molecule has 0 saturated heterocycles. The first-order chi connectivity index (χ1) is 8.49. The maximum absolute atomic E-state index is 13.2. The monoisotopic (exact) mass is 264 g/mol. The first-order valence-electron chi connectivity index (χ1n) is 5.62. The average Bonchev–Trinajstić information content (AvgIpc) is 2.32. The van der Waals surface area contributed by atoms with Crippen molar-refractivity contribution in [3.8, 4) is 0 Å². The minimum Gasteiger partial charge on any atom is -0.321 e. The molecule has 1 aromatic carbocycles. The van der Waals surface area contributed by atoms with Gasteiger partial charge in [0.15, 0.2) is 0 Å². The van der Waals surface area contributed by atoms with Gasteiger partial charge in [-0.2, -0.15) is 0 Å². The number of pyridine rings is 1. The summed E-state index contributed by atoms with van der Waals surface area (Å²) in [4.78, 5) is 3.93. The van der Waals surface area contributed by atoms with Gasteiger partial charge in [0.05, 0.1) is 5.02 Å². The van der Waals surface area contributed by atoms with Crippen LogP contribution in [0.5, 0.6) is 0 Å². The van der Waals surface area contributed by atoms with Crippen LogP contribution in [0.1, 0.15) is 18.1 Å². The normalized spacial score (nSPS) is 14.2. The van der Waals surface area contributed by atoms with Crippen molar-refractivity contribution in [1.29, 1.82) is 0 Å². The van der Waals surface area contributed by atoms with Gasteiger partial charge in [-0.3, -0.25) is 4.98 Å². The van der Waals surface area contributed by atoms with Gasteiger partial charge in [0.2, 0.25) is 0 Å². The summed E-state index contributed by atoms with van der Waals surface area (Å²) in [5.74, 6) is -0.287. The molecule has 0 fully saturated rings. The number of halogens is 2. The summed E-state index contributed by atoms with van der Waals surface area (Å²) in [5.41, 5.74) is 7.24. The van der Waals surface area contributed by atoms with Gasteiger partial charge >= 0.3 is 0 Å². The third kappa shape index (κ3) is 2.86. The van der Waals surface area contributed by atoms with E-state index in [1.165, 1.54) is 12.1 Å². The van der Waals surface area contributed by atoms with E-state index in [4.69, 9.17) is 17.3 Å². The summed E-state index contributed by atoms with van der Waals surface area (Å²) in [6, 6.07) is 8.16. The Bertz CT molecular complexity index is 555. The molecule has 0 radical (unpaired) electrons. The van der Waals surface area contributed by atoms with Crippen LogP contribution in [-0.4, -0.2) is 4.98 Å². The summed E-state index contributed by atoms with van der Waals surface area (Å²) in [7, 11) is 0. The number of benzene rings is 1. The molecule has 1 atom stereocenters. The van der Waals surface area contributed by atoms with Crippen molar-refractivity contribution in [2.24, 2.45) is 5.73 Å². The molecule has 2 rings (SSSR count). The second-order valence-corrected chi connectivity index (χ2v) is 4.98. The van der Waals surface area contributed by atoms with Crippen molar-refractivity contribution in [3.63, 3.8) is 0 Å². The minimum atomic E-state index is -0.674. The maximum atomic E-state index is 13.2. The van der Waals surface area contributed by atoms with E-state index in [0.717, 1.165) is 11.1 Å². The molecular weight excluding hydrogens is 251 g/mol. The quantitative estimate of drug-likeness (QED) is 0.924. The van der Waals surface area contributed by atoms with Crippen LogP contribution in [0.15, 0.2) is 42.7 Å². The number of hydrogen-bond acceptors (Lipinski definition) is 2. The second-order valence-electron chi connectivity index (χ2n) is 4.57. The zero-order valence-corrected chi connectivity index (χ0v) is 10.8. The molecule has 1 aromatic heterocycles. The Hall–Kier alpha value is -1.45. The molecule has 2 nitrogen and oxygen atoms in total. The molecule has 0 saturated carbocycles. The number of nitrogens with two attached hydrogens (primary N) is 1. The zero-order chi connectivity index (χ0) is 13.2. The molecule has 2 aromatic rings. The lowest BCUT2D eigenvalue weighted by Gasteiger charge is -2.25. The summed E-state index contributed by atoms with van der Waals surface area (Å²) < 4.78 is 13.2. The van der Waals surface area contributed by atoms with Crippen LogP contribution in [0.4, 0.5) is 4.39 Å². The fourth-order valence-electron chi connectivity index (χ4n) is 1.89. The largest absolute Gasteiger partial charge is 0.321 e. The highest BCUT2D eigenvalue weighted by Gasteiger charge is 2.23. The second kappa shape index (κ2) is 5.04. The van der Waals surface area contributed by atoms with E-state index in [1.807, 2.05) is 19.1 Å². The summed E-state index contributed by atoms with van der Waals surface area (Å²) in [6.45, 7) is 1.86. The van der Waals surface area contributed by atoms with Crippen molar-refractivity contribution < 1.29 is 4.39 Å². The van der Waals surface area contributed by atoms with Crippen molar-refractivity contribution >= 4 is 11.6 Å². The van der Waals surface area contributed by atoms with Crippen LogP contribution >= 0.6 is 11.6 Å².